The number of nitro groups is 1. The Hall–Kier alpha value is -3.62. The van der Waals surface area contributed by atoms with Crippen LogP contribution in [0.25, 0.3) is 0 Å². The maximum absolute atomic E-state index is 12.1. The highest BCUT2D eigenvalue weighted by molar-refractivity contribution is 5.89. The molecule has 27 heavy (non-hydrogen) atoms. The van der Waals surface area contributed by atoms with Gasteiger partial charge in [-0.05, 0) is 31.5 Å². The molecule has 0 spiro atoms. The van der Waals surface area contributed by atoms with E-state index in [0.717, 1.165) is 29.6 Å². The van der Waals surface area contributed by atoms with Gasteiger partial charge in [0.15, 0.2) is 11.5 Å². The Morgan fingerprint density at radius 2 is 2.11 bits per heavy atom. The van der Waals surface area contributed by atoms with E-state index in [1.165, 1.54) is 7.11 Å². The Morgan fingerprint density at radius 3 is 2.74 bits per heavy atom. The van der Waals surface area contributed by atoms with E-state index in [2.05, 4.69) is 15.8 Å². The molecule has 1 atom stereocenters. The molecule has 142 valence electrons. The van der Waals surface area contributed by atoms with Crippen LogP contribution < -0.4 is 15.5 Å². The van der Waals surface area contributed by atoms with Crippen LogP contribution in [0, 0.1) is 17.0 Å². The van der Waals surface area contributed by atoms with Gasteiger partial charge in [0.25, 0.3) is 11.6 Å². The molecule has 2 aromatic rings. The van der Waals surface area contributed by atoms with E-state index in [1.54, 1.807) is 6.92 Å². The number of nitrogens with one attached hydrogen (secondary N) is 2. The van der Waals surface area contributed by atoms with Crippen molar-refractivity contribution < 1.29 is 19.6 Å². The summed E-state index contributed by atoms with van der Waals surface area (Å²) in [6, 6.07) is 9.21. The smallest absolute Gasteiger partial charge is 0.274 e. The molecule has 9 heteroatoms. The zero-order chi connectivity index (χ0) is 20.0. The number of hydrazone groups is 1. The Bertz CT molecular complexity index is 882. The van der Waals surface area contributed by atoms with Crippen molar-refractivity contribution >= 4 is 23.5 Å². The fourth-order valence-electron chi connectivity index (χ4n) is 2.29. The highest BCUT2D eigenvalue weighted by Crippen LogP contribution is 2.33. The fraction of sp³-hybridized carbons (Fsp3) is 0.222. The van der Waals surface area contributed by atoms with Crippen LogP contribution in [0.3, 0.4) is 0 Å². The predicted molar refractivity (Wildman–Crippen MR) is 101 cm³/mol. The van der Waals surface area contributed by atoms with Crippen molar-refractivity contribution in [3.63, 3.8) is 0 Å². The Labute approximate surface area is 155 Å². The van der Waals surface area contributed by atoms with Gasteiger partial charge in [-0.1, -0.05) is 12.1 Å². The molecular weight excluding hydrogens is 352 g/mol. The van der Waals surface area contributed by atoms with Gasteiger partial charge in [0.2, 0.25) is 0 Å². The minimum Gasteiger partial charge on any atom is -0.504 e. The van der Waals surface area contributed by atoms with Crippen LogP contribution in [0.1, 0.15) is 18.1 Å². The van der Waals surface area contributed by atoms with Gasteiger partial charge in [-0.2, -0.15) is 5.10 Å². The maximum Gasteiger partial charge on any atom is 0.274 e. The number of carbonyl (C=O) groups is 1. The Balaban J connectivity index is 2.06. The van der Waals surface area contributed by atoms with E-state index in [4.69, 9.17) is 4.74 Å². The number of hydrogen-bond acceptors (Lipinski definition) is 7. The van der Waals surface area contributed by atoms with Gasteiger partial charge in [-0.3, -0.25) is 14.9 Å². The molecule has 9 nitrogen and oxygen atoms in total. The number of benzene rings is 2. The summed E-state index contributed by atoms with van der Waals surface area (Å²) in [5.74, 6) is -0.789. The van der Waals surface area contributed by atoms with E-state index in [0.29, 0.717) is 0 Å². The van der Waals surface area contributed by atoms with Gasteiger partial charge in [0, 0.05) is 17.3 Å². The number of phenols is 1. The van der Waals surface area contributed by atoms with Crippen molar-refractivity contribution in [2.24, 2.45) is 5.10 Å². The lowest BCUT2D eigenvalue weighted by Crippen LogP contribution is -2.34. The first-order valence-electron chi connectivity index (χ1n) is 8.03. The number of methoxy groups -OCH3 is 1. The number of ether oxygens (including phenoxy) is 1. The van der Waals surface area contributed by atoms with Gasteiger partial charge in [-0.25, -0.2) is 5.43 Å². The maximum atomic E-state index is 12.1. The number of anilines is 1. The number of hydrogen-bond donors (Lipinski definition) is 3. The van der Waals surface area contributed by atoms with Crippen LogP contribution in [0.2, 0.25) is 0 Å². The van der Waals surface area contributed by atoms with E-state index >= 15 is 0 Å². The summed E-state index contributed by atoms with van der Waals surface area (Å²) >= 11 is 0. The van der Waals surface area contributed by atoms with Gasteiger partial charge in [0.05, 0.1) is 24.3 Å². The molecule has 0 saturated carbocycles. The molecule has 0 aromatic heterocycles. The number of nitrogens with zero attached hydrogens (tertiary/aromatic N) is 2. The Morgan fingerprint density at radius 1 is 1.37 bits per heavy atom. The van der Waals surface area contributed by atoms with E-state index < -0.39 is 16.9 Å². The molecule has 0 saturated heterocycles. The molecule has 2 aromatic carbocycles. The first-order chi connectivity index (χ1) is 12.8. The van der Waals surface area contributed by atoms with Crippen LogP contribution in [-0.4, -0.2) is 35.3 Å². The number of aryl methyl sites for hydroxylation is 1. The first kappa shape index (κ1) is 19.7. The lowest BCUT2D eigenvalue weighted by atomic mass is 10.2. The fourth-order valence-corrected chi connectivity index (χ4v) is 2.29. The molecule has 0 unspecified atom stereocenters. The zero-order valence-corrected chi connectivity index (χ0v) is 15.1. The van der Waals surface area contributed by atoms with Crippen molar-refractivity contribution in [3.8, 4) is 11.5 Å². The molecule has 0 fully saturated rings. The van der Waals surface area contributed by atoms with Crippen molar-refractivity contribution in [1.82, 2.24) is 5.43 Å². The predicted octanol–water partition coefficient (Wildman–Crippen LogP) is 2.57. The molecule has 0 bridgehead atoms. The second-order valence-electron chi connectivity index (χ2n) is 5.81. The number of phenolic OH excluding ortho intramolecular Hbond substituents is 1. The molecule has 0 aliphatic rings. The lowest BCUT2D eigenvalue weighted by molar-refractivity contribution is -0.385. The first-order valence-corrected chi connectivity index (χ1v) is 8.03. The average molecular weight is 372 g/mol. The van der Waals surface area contributed by atoms with E-state index in [-0.39, 0.29) is 22.7 Å². The lowest BCUT2D eigenvalue weighted by Gasteiger charge is -2.13. The van der Waals surface area contributed by atoms with Crippen LogP contribution >= 0.6 is 0 Å². The van der Waals surface area contributed by atoms with Gasteiger partial charge in [-0.15, -0.1) is 0 Å². The summed E-state index contributed by atoms with van der Waals surface area (Å²) in [5, 5.41) is 27.8. The third-order valence-corrected chi connectivity index (χ3v) is 3.69. The SMILES string of the molecule is COc1cc([N+](=O)[O-])cc(/C=N\NC(=O)[C@@H](C)Nc2cccc(C)c2)c1O. The molecule has 0 aliphatic heterocycles. The standard InChI is InChI=1S/C18H20N4O5/c1-11-5-4-6-14(7-11)20-12(2)18(24)21-19-10-13-8-15(22(25)26)9-16(27-3)17(13)23/h4-10,12,20,23H,1-3H3,(H,21,24)/b19-10-/t12-/m1/s1. The average Bonchev–Trinajstić information content (AvgIpc) is 2.62. The molecule has 2 rings (SSSR count). The molecule has 1 amide bonds. The number of carbonyl (C=O) groups excluding carboxylic acids is 1. The van der Waals surface area contributed by atoms with E-state index in [9.17, 15) is 20.0 Å². The summed E-state index contributed by atoms with van der Waals surface area (Å²) in [5.41, 5.74) is 3.95. The summed E-state index contributed by atoms with van der Waals surface area (Å²) in [4.78, 5) is 22.5. The Kier molecular flexibility index (Phi) is 6.32. The van der Waals surface area contributed by atoms with Crippen molar-refractivity contribution in [2.45, 2.75) is 19.9 Å². The van der Waals surface area contributed by atoms with Crippen molar-refractivity contribution in [1.29, 1.82) is 0 Å². The van der Waals surface area contributed by atoms with Crippen molar-refractivity contribution in [2.75, 3.05) is 12.4 Å². The third-order valence-electron chi connectivity index (χ3n) is 3.69. The number of nitro benzene ring substituents is 1. The minimum absolute atomic E-state index is 0.0423. The van der Waals surface area contributed by atoms with Crippen LogP contribution in [0.5, 0.6) is 11.5 Å². The van der Waals surface area contributed by atoms with Crippen molar-refractivity contribution in [3.05, 3.63) is 57.6 Å². The van der Waals surface area contributed by atoms with E-state index in [1.807, 2.05) is 31.2 Å². The van der Waals surface area contributed by atoms with Crippen LogP contribution in [-0.2, 0) is 4.79 Å². The van der Waals surface area contributed by atoms with Gasteiger partial charge >= 0.3 is 0 Å². The van der Waals surface area contributed by atoms with Crippen LogP contribution in [0.15, 0.2) is 41.5 Å². The minimum atomic E-state index is -0.619. The summed E-state index contributed by atoms with van der Waals surface area (Å²) in [6.07, 6.45) is 1.11. The molecular formula is C18H20N4O5. The number of aromatic hydroxyl groups is 1. The molecule has 0 radical (unpaired) electrons. The zero-order valence-electron chi connectivity index (χ0n) is 15.1. The summed E-state index contributed by atoms with van der Waals surface area (Å²) in [6.45, 7) is 3.61. The topological polar surface area (TPSA) is 126 Å². The second-order valence-corrected chi connectivity index (χ2v) is 5.81. The highest BCUT2D eigenvalue weighted by Gasteiger charge is 2.16. The number of non-ortho nitro benzene ring substituents is 1. The number of rotatable bonds is 7. The van der Waals surface area contributed by atoms with Crippen LogP contribution in [0.4, 0.5) is 11.4 Å². The second kappa shape index (κ2) is 8.65. The molecule has 0 aliphatic carbocycles. The van der Waals surface area contributed by atoms with Gasteiger partial charge < -0.3 is 15.2 Å². The largest absolute Gasteiger partial charge is 0.504 e. The molecule has 0 heterocycles. The van der Waals surface area contributed by atoms with Gasteiger partial charge in [0.1, 0.15) is 6.04 Å². The quantitative estimate of drug-likeness (QED) is 0.389. The third kappa shape index (κ3) is 5.18. The monoisotopic (exact) mass is 372 g/mol. The summed E-state index contributed by atoms with van der Waals surface area (Å²) in [7, 11) is 1.28. The number of amides is 1. The normalized spacial score (nSPS) is 11.8. The summed E-state index contributed by atoms with van der Waals surface area (Å²) < 4.78 is 4.90. The highest BCUT2D eigenvalue weighted by atomic mass is 16.6. The molecule has 3 N–H and O–H groups in total.